The molecule has 0 atom stereocenters. The van der Waals surface area contributed by atoms with Crippen LogP contribution >= 0.6 is 0 Å². The number of hydrogen-bond donors (Lipinski definition) is 2. The topological polar surface area (TPSA) is 71.5 Å². The summed E-state index contributed by atoms with van der Waals surface area (Å²) in [4.78, 5) is 16.7. The van der Waals surface area contributed by atoms with Crippen LogP contribution in [0.4, 0.5) is 0 Å². The van der Waals surface area contributed by atoms with E-state index in [9.17, 15) is 9.90 Å². The molecule has 3 aromatic rings. The summed E-state index contributed by atoms with van der Waals surface area (Å²) in [5, 5.41) is 13.5. The highest BCUT2D eigenvalue weighted by atomic mass is 16.5. The number of para-hydroxylation sites is 1. The Kier molecular flexibility index (Phi) is 5.93. The number of nitrogens with zero attached hydrogens (tertiary/aromatic N) is 1. The van der Waals surface area contributed by atoms with Gasteiger partial charge in [0.05, 0.1) is 6.54 Å². The second-order valence-electron chi connectivity index (χ2n) is 6.83. The molecular weight excluding hydrogens is 352 g/mol. The Labute approximate surface area is 164 Å². The van der Waals surface area contributed by atoms with Crippen molar-refractivity contribution < 1.29 is 14.6 Å². The molecule has 0 unspecified atom stereocenters. The number of pyridine rings is 1. The fourth-order valence-electron chi connectivity index (χ4n) is 2.58. The molecule has 0 aliphatic heterocycles. The van der Waals surface area contributed by atoms with Crippen LogP contribution in [0.2, 0.25) is 0 Å². The van der Waals surface area contributed by atoms with Crippen LogP contribution in [-0.2, 0) is 0 Å². The predicted octanol–water partition coefficient (Wildman–Crippen LogP) is 3.17. The van der Waals surface area contributed by atoms with Crippen molar-refractivity contribution in [2.75, 3.05) is 13.2 Å². The zero-order valence-corrected chi connectivity index (χ0v) is 15.9. The Hall–Kier alpha value is -3.36. The number of aliphatic hydroxyl groups is 1. The number of ether oxygens (including phenoxy) is 1. The van der Waals surface area contributed by atoms with Crippen molar-refractivity contribution in [3.63, 3.8) is 0 Å². The van der Waals surface area contributed by atoms with Crippen molar-refractivity contribution in [1.82, 2.24) is 10.3 Å². The molecule has 3 rings (SSSR count). The van der Waals surface area contributed by atoms with E-state index in [2.05, 4.69) is 22.1 Å². The molecule has 142 valence electrons. The van der Waals surface area contributed by atoms with Crippen LogP contribution in [0.5, 0.6) is 5.75 Å². The smallest absolute Gasteiger partial charge is 0.251 e. The summed E-state index contributed by atoms with van der Waals surface area (Å²) < 4.78 is 5.78. The van der Waals surface area contributed by atoms with Crippen molar-refractivity contribution in [1.29, 1.82) is 0 Å². The lowest BCUT2D eigenvalue weighted by Crippen LogP contribution is -2.28. The van der Waals surface area contributed by atoms with E-state index in [4.69, 9.17) is 4.74 Å². The molecule has 0 spiro atoms. The van der Waals surface area contributed by atoms with E-state index in [0.29, 0.717) is 30.0 Å². The van der Waals surface area contributed by atoms with Crippen LogP contribution in [0, 0.1) is 11.8 Å². The van der Waals surface area contributed by atoms with Crippen LogP contribution in [0.1, 0.15) is 29.8 Å². The number of nitrogens with one attached hydrogen (secondary N) is 1. The second-order valence-corrected chi connectivity index (χ2v) is 6.83. The first-order valence-corrected chi connectivity index (χ1v) is 9.03. The van der Waals surface area contributed by atoms with Gasteiger partial charge in [0.2, 0.25) is 0 Å². The van der Waals surface area contributed by atoms with Gasteiger partial charge in [-0.1, -0.05) is 36.1 Å². The van der Waals surface area contributed by atoms with E-state index in [1.807, 2.05) is 30.3 Å². The molecule has 2 aromatic carbocycles. The third-order valence-corrected chi connectivity index (χ3v) is 3.88. The molecular formula is C23H22N2O3. The maximum atomic E-state index is 12.3. The van der Waals surface area contributed by atoms with Gasteiger partial charge in [0.1, 0.15) is 23.5 Å². The van der Waals surface area contributed by atoms with Gasteiger partial charge < -0.3 is 15.2 Å². The van der Waals surface area contributed by atoms with Crippen molar-refractivity contribution in [3.05, 3.63) is 71.9 Å². The summed E-state index contributed by atoms with van der Waals surface area (Å²) in [7, 11) is 0. The number of hydrogen-bond acceptors (Lipinski definition) is 4. The predicted molar refractivity (Wildman–Crippen MR) is 109 cm³/mol. The molecule has 5 nitrogen and oxygen atoms in total. The normalized spacial score (nSPS) is 10.8. The fourth-order valence-corrected chi connectivity index (χ4v) is 2.58. The first-order chi connectivity index (χ1) is 13.4. The third kappa shape index (κ3) is 5.32. The van der Waals surface area contributed by atoms with Gasteiger partial charge in [0, 0.05) is 22.7 Å². The largest absolute Gasteiger partial charge is 0.489 e. The second kappa shape index (κ2) is 8.55. The Balaban J connectivity index is 1.56. The highest BCUT2D eigenvalue weighted by Crippen LogP contribution is 2.22. The minimum Gasteiger partial charge on any atom is -0.489 e. The molecule has 5 heteroatoms. The first-order valence-electron chi connectivity index (χ1n) is 9.03. The zero-order valence-electron chi connectivity index (χ0n) is 15.9. The van der Waals surface area contributed by atoms with E-state index < -0.39 is 5.60 Å². The fraction of sp³-hybridized carbons (Fsp3) is 0.217. The zero-order chi connectivity index (χ0) is 20.0. The minimum absolute atomic E-state index is 0.202. The van der Waals surface area contributed by atoms with Crippen molar-refractivity contribution in [2.24, 2.45) is 0 Å². The average Bonchev–Trinajstić information content (AvgIpc) is 2.69. The number of aromatic nitrogens is 1. The Morgan fingerprint density at radius 3 is 2.79 bits per heavy atom. The maximum Gasteiger partial charge on any atom is 0.251 e. The number of carbonyl (C=O) groups excluding carboxylic acids is 1. The maximum absolute atomic E-state index is 12.3. The van der Waals surface area contributed by atoms with Crippen LogP contribution in [0.3, 0.4) is 0 Å². The van der Waals surface area contributed by atoms with Crippen LogP contribution in [-0.4, -0.2) is 34.8 Å². The van der Waals surface area contributed by atoms with Gasteiger partial charge in [-0.25, -0.2) is 0 Å². The number of fused-ring (bicyclic) bond motifs is 1. The van der Waals surface area contributed by atoms with Gasteiger partial charge in [0.25, 0.3) is 5.91 Å². The number of amides is 1. The number of benzene rings is 2. The SMILES string of the molecule is CC(C)(O)C#Cc1cccc(C(=O)NCCOc2cccc3cccnc23)c1. The standard InChI is InChI=1S/C23H22N2O3/c1-23(2,27)12-11-17-6-3-8-19(16-17)22(26)25-14-15-28-20-10-4-7-18-9-5-13-24-21(18)20/h3-10,13,16,27H,14-15H2,1-2H3,(H,25,26). The van der Waals surface area contributed by atoms with Crippen LogP contribution in [0.15, 0.2) is 60.8 Å². The van der Waals surface area contributed by atoms with Crippen molar-refractivity contribution >= 4 is 16.8 Å². The molecule has 0 saturated heterocycles. The van der Waals surface area contributed by atoms with Crippen molar-refractivity contribution in [2.45, 2.75) is 19.4 Å². The van der Waals surface area contributed by atoms with Gasteiger partial charge in [-0.05, 0) is 44.2 Å². The summed E-state index contributed by atoms with van der Waals surface area (Å²) >= 11 is 0. The van der Waals surface area contributed by atoms with E-state index in [1.54, 1.807) is 44.3 Å². The molecule has 0 aliphatic carbocycles. The first kappa shape index (κ1) is 19.4. The highest BCUT2D eigenvalue weighted by molar-refractivity contribution is 5.94. The van der Waals surface area contributed by atoms with E-state index >= 15 is 0 Å². The average molecular weight is 374 g/mol. The van der Waals surface area contributed by atoms with Gasteiger partial charge in [-0.15, -0.1) is 0 Å². The molecule has 1 heterocycles. The van der Waals surface area contributed by atoms with E-state index in [0.717, 1.165) is 10.9 Å². The summed E-state index contributed by atoms with van der Waals surface area (Å²) in [6.45, 7) is 3.92. The Morgan fingerprint density at radius 1 is 1.18 bits per heavy atom. The van der Waals surface area contributed by atoms with Gasteiger partial charge in [0.15, 0.2) is 0 Å². The lowest BCUT2D eigenvalue weighted by atomic mass is 10.1. The Bertz CT molecular complexity index is 1040. The minimum atomic E-state index is -1.08. The molecule has 28 heavy (non-hydrogen) atoms. The monoisotopic (exact) mass is 374 g/mol. The number of rotatable bonds is 5. The molecule has 0 bridgehead atoms. The lowest BCUT2D eigenvalue weighted by molar-refractivity contribution is 0.0947. The molecule has 0 radical (unpaired) electrons. The van der Waals surface area contributed by atoms with Gasteiger partial charge >= 0.3 is 0 Å². The molecule has 0 saturated carbocycles. The van der Waals surface area contributed by atoms with Crippen molar-refractivity contribution in [3.8, 4) is 17.6 Å². The third-order valence-electron chi connectivity index (χ3n) is 3.88. The van der Waals surface area contributed by atoms with E-state index in [-0.39, 0.29) is 5.91 Å². The van der Waals surface area contributed by atoms with Crippen LogP contribution < -0.4 is 10.1 Å². The highest BCUT2D eigenvalue weighted by Gasteiger charge is 2.08. The molecule has 0 aliphatic rings. The molecule has 0 fully saturated rings. The van der Waals surface area contributed by atoms with Gasteiger partial charge in [-0.2, -0.15) is 0 Å². The summed E-state index contributed by atoms with van der Waals surface area (Å²) in [6, 6.07) is 16.6. The molecule has 2 N–H and O–H groups in total. The Morgan fingerprint density at radius 2 is 1.96 bits per heavy atom. The summed E-state index contributed by atoms with van der Waals surface area (Å²) in [6.07, 6.45) is 1.73. The number of carbonyl (C=O) groups is 1. The quantitative estimate of drug-likeness (QED) is 0.532. The molecule has 1 amide bonds. The van der Waals surface area contributed by atoms with E-state index in [1.165, 1.54) is 0 Å². The summed E-state index contributed by atoms with van der Waals surface area (Å²) in [5.74, 6) is 6.10. The lowest BCUT2D eigenvalue weighted by Gasteiger charge is -2.10. The van der Waals surface area contributed by atoms with Gasteiger partial charge in [-0.3, -0.25) is 9.78 Å². The van der Waals surface area contributed by atoms with Crippen LogP contribution in [0.25, 0.3) is 10.9 Å². The molecule has 1 aromatic heterocycles. The summed E-state index contributed by atoms with van der Waals surface area (Å²) in [5.41, 5.74) is 0.906.